The van der Waals surface area contributed by atoms with E-state index in [0.717, 1.165) is 44.8 Å². The molecule has 74 heavy (non-hydrogen) atoms. The van der Waals surface area contributed by atoms with Crippen LogP contribution in [0.15, 0.2) is 170 Å². The van der Waals surface area contributed by atoms with Gasteiger partial charge in [0.25, 0.3) is 0 Å². The van der Waals surface area contributed by atoms with E-state index < -0.39 is 28.4 Å². The summed E-state index contributed by atoms with van der Waals surface area (Å²) in [6.45, 7) is 23.5. The third kappa shape index (κ3) is 11.1. The molecule has 1 aliphatic heterocycles. The third-order valence-corrected chi connectivity index (χ3v) is 24.4. The van der Waals surface area contributed by atoms with Crippen LogP contribution < -0.4 is 20.1 Å². The monoisotopic (exact) mass is 1020 g/mol. The van der Waals surface area contributed by atoms with Crippen molar-refractivity contribution < 1.29 is 23.1 Å². The van der Waals surface area contributed by atoms with Gasteiger partial charge in [0.05, 0.1) is 19.8 Å². The first-order chi connectivity index (χ1) is 35.3. The predicted molar refractivity (Wildman–Crippen MR) is 304 cm³/mol. The Kier molecular flexibility index (Phi) is 15.1. The highest BCUT2D eigenvalue weighted by atomic mass is 28.4. The summed E-state index contributed by atoms with van der Waals surface area (Å²) in [5.74, 6) is 1.92. The second-order valence-corrected chi connectivity index (χ2v) is 31.9. The fourth-order valence-electron chi connectivity index (χ4n) is 8.99. The van der Waals surface area contributed by atoms with E-state index in [1.54, 1.807) is 7.11 Å². The van der Waals surface area contributed by atoms with E-state index in [1.807, 2.05) is 60.7 Å². The zero-order chi connectivity index (χ0) is 52.3. The lowest BCUT2D eigenvalue weighted by Crippen LogP contribution is -2.48. The lowest BCUT2D eigenvalue weighted by molar-refractivity contribution is -0.0376. The van der Waals surface area contributed by atoms with E-state index in [1.165, 1.54) is 0 Å². The molecule has 9 rings (SSSR count). The van der Waals surface area contributed by atoms with Gasteiger partial charge in [0, 0.05) is 12.1 Å². The van der Waals surface area contributed by atoms with E-state index in [2.05, 4.69) is 192 Å². The Morgan fingerprint density at radius 1 is 0.622 bits per heavy atom. The average molecular weight is 1030 g/mol. The fourth-order valence-corrected chi connectivity index (χ4v) is 11.4. The number of fused-ring (bicyclic) bond motifs is 1. The summed E-state index contributed by atoms with van der Waals surface area (Å²) in [7, 11) is -2.83. The summed E-state index contributed by atoms with van der Waals surface area (Å²) in [6.07, 6.45) is -0.686. The summed E-state index contributed by atoms with van der Waals surface area (Å²) < 4.78 is 36.3. The van der Waals surface area contributed by atoms with Gasteiger partial charge in [-0.15, -0.1) is 0 Å². The van der Waals surface area contributed by atoms with Crippen LogP contribution in [0.2, 0.25) is 36.3 Å². The minimum atomic E-state index is -2.32. The van der Waals surface area contributed by atoms with Gasteiger partial charge >= 0.3 is 0 Å². The number of methoxy groups -OCH3 is 1. The van der Waals surface area contributed by atoms with Gasteiger partial charge in [-0.25, -0.2) is 4.98 Å². The van der Waals surface area contributed by atoms with Gasteiger partial charge in [-0.1, -0.05) is 187 Å². The number of nitrogens with zero attached hydrogens (tertiary/aromatic N) is 4. The minimum absolute atomic E-state index is 0.00546. The Labute approximate surface area is 440 Å². The number of rotatable bonds is 18. The lowest BCUT2D eigenvalue weighted by Gasteiger charge is -2.40. The molecule has 384 valence electrons. The van der Waals surface area contributed by atoms with Gasteiger partial charge in [0.15, 0.2) is 27.8 Å². The van der Waals surface area contributed by atoms with Crippen LogP contribution in [0.3, 0.4) is 0 Å². The first-order valence-electron chi connectivity index (χ1n) is 25.8. The number of benzene rings is 6. The molecule has 0 bridgehead atoms. The molecule has 1 fully saturated rings. The number of nitrogens with one attached hydrogen (secondary N) is 2. The van der Waals surface area contributed by atoms with Crippen LogP contribution in [0.25, 0.3) is 22.3 Å². The molecule has 8 aromatic rings. The molecular formula is C61H72N6O5Si2. The Morgan fingerprint density at radius 2 is 1.16 bits per heavy atom. The first kappa shape index (κ1) is 52.3. The molecule has 1 aliphatic rings. The Balaban J connectivity index is 1.24. The molecule has 13 heteroatoms. The van der Waals surface area contributed by atoms with Crippen LogP contribution >= 0.6 is 0 Å². The topological polar surface area (TPSA) is 114 Å². The zero-order valence-electron chi connectivity index (χ0n) is 44.8. The van der Waals surface area contributed by atoms with Crippen molar-refractivity contribution in [1.82, 2.24) is 19.5 Å². The quantitative estimate of drug-likeness (QED) is 0.0636. The number of imidazole rings is 1. The second kappa shape index (κ2) is 21.3. The SMILES string of the molecule is COc1ccc(C(Nc2nc(OCc3ccccc3)c3nc(Nc4ccc(-c5ccccc5)cc4)n([C@H]4C[C@H](O[Si](C)(C)C(C)(C)C)[C@@H](CO[Si](C)(C)C(C)(C)C)O4)c3n2)(c2ccccc2)c2ccccc2)cc1. The molecular weight excluding hydrogens is 953 g/mol. The molecule has 0 radical (unpaired) electrons. The van der Waals surface area contributed by atoms with Crippen LogP contribution in [-0.2, 0) is 25.7 Å². The van der Waals surface area contributed by atoms with Gasteiger partial charge in [-0.2, -0.15) is 9.97 Å². The molecule has 0 saturated carbocycles. The molecule has 2 aromatic heterocycles. The lowest BCUT2D eigenvalue weighted by atomic mass is 9.77. The van der Waals surface area contributed by atoms with Crippen molar-refractivity contribution in [2.24, 2.45) is 0 Å². The zero-order valence-corrected chi connectivity index (χ0v) is 46.8. The van der Waals surface area contributed by atoms with Crippen LogP contribution in [0.1, 0.15) is 76.4 Å². The molecule has 3 heterocycles. The van der Waals surface area contributed by atoms with Crippen LogP contribution in [0, 0.1) is 0 Å². The van der Waals surface area contributed by atoms with Crippen molar-refractivity contribution in [2.75, 3.05) is 24.4 Å². The number of anilines is 3. The highest BCUT2D eigenvalue weighted by Gasteiger charge is 2.48. The van der Waals surface area contributed by atoms with Crippen molar-refractivity contribution in [3.8, 4) is 22.8 Å². The van der Waals surface area contributed by atoms with Crippen molar-refractivity contribution in [3.05, 3.63) is 192 Å². The molecule has 3 atom stereocenters. The maximum Gasteiger partial charge on any atom is 0.247 e. The van der Waals surface area contributed by atoms with E-state index in [4.69, 9.17) is 38.0 Å². The van der Waals surface area contributed by atoms with Gasteiger partial charge in [-0.3, -0.25) is 4.57 Å². The van der Waals surface area contributed by atoms with Gasteiger partial charge in [-0.05, 0) is 93.9 Å². The Hall–Kier alpha value is -6.62. The first-order valence-corrected chi connectivity index (χ1v) is 31.6. The van der Waals surface area contributed by atoms with Crippen molar-refractivity contribution in [3.63, 3.8) is 0 Å². The van der Waals surface area contributed by atoms with Gasteiger partial charge in [0.1, 0.15) is 30.2 Å². The number of aromatic nitrogens is 4. The molecule has 0 aliphatic carbocycles. The smallest absolute Gasteiger partial charge is 0.247 e. The minimum Gasteiger partial charge on any atom is -0.497 e. The van der Waals surface area contributed by atoms with Crippen molar-refractivity contribution >= 4 is 45.4 Å². The standard InChI is InChI=1S/C61H72N6O5Si2/c1-59(2,3)73(8,9)70-42-52-51(72-74(10,11)60(4,5)6)40-53(71-52)67-55-54(63-58(67)62-49-36-32-45(33-37-49)44-26-18-13-19-27-44)56(69-41-43-24-16-12-17-25-43)65-57(64-55)66-61(46-28-20-14-21-29-46,47-30-22-15-23-31-47)48-34-38-50(68-7)39-35-48/h12-39,51-53H,40-42H2,1-11H3,(H,62,63)(H,64,65,66)/t51-,52+,53+/m0/s1. The summed E-state index contributed by atoms with van der Waals surface area (Å²) >= 11 is 0. The summed E-state index contributed by atoms with van der Waals surface area (Å²) in [6, 6.07) is 57.9. The van der Waals surface area contributed by atoms with E-state index in [9.17, 15) is 0 Å². The molecule has 1 saturated heterocycles. The van der Waals surface area contributed by atoms with E-state index in [0.29, 0.717) is 42.0 Å². The maximum atomic E-state index is 7.36. The Morgan fingerprint density at radius 3 is 1.73 bits per heavy atom. The largest absolute Gasteiger partial charge is 0.497 e. The van der Waals surface area contributed by atoms with Gasteiger partial charge < -0.3 is 33.7 Å². The number of ether oxygens (including phenoxy) is 3. The normalized spacial score (nSPS) is 16.6. The highest BCUT2D eigenvalue weighted by molar-refractivity contribution is 6.74. The summed E-state index contributed by atoms with van der Waals surface area (Å²) in [5.41, 5.74) is 7.00. The van der Waals surface area contributed by atoms with Crippen molar-refractivity contribution in [1.29, 1.82) is 0 Å². The molecule has 0 unspecified atom stereocenters. The highest BCUT2D eigenvalue weighted by Crippen LogP contribution is 2.46. The molecule has 0 spiro atoms. The summed E-state index contributed by atoms with van der Waals surface area (Å²) in [4.78, 5) is 16.2. The number of hydrogen-bond donors (Lipinski definition) is 2. The molecule has 6 aromatic carbocycles. The van der Waals surface area contributed by atoms with Gasteiger partial charge in [0.2, 0.25) is 17.8 Å². The number of hydrogen-bond acceptors (Lipinski definition) is 10. The maximum absolute atomic E-state index is 7.36. The third-order valence-electron chi connectivity index (χ3n) is 15.3. The van der Waals surface area contributed by atoms with Crippen LogP contribution in [0.5, 0.6) is 11.6 Å². The Bertz CT molecular complexity index is 3070. The van der Waals surface area contributed by atoms with Crippen LogP contribution in [-0.4, -0.2) is 62.1 Å². The van der Waals surface area contributed by atoms with Crippen LogP contribution in [0.4, 0.5) is 17.6 Å². The predicted octanol–water partition coefficient (Wildman–Crippen LogP) is 14.9. The van der Waals surface area contributed by atoms with E-state index in [-0.39, 0.29) is 28.9 Å². The van der Waals surface area contributed by atoms with Crippen molar-refractivity contribution in [2.45, 2.75) is 115 Å². The summed E-state index contributed by atoms with van der Waals surface area (Å²) in [5, 5.41) is 7.62. The molecule has 2 N–H and O–H groups in total. The fraction of sp³-hybridized carbons (Fsp3) is 0.328. The average Bonchev–Trinajstić information content (AvgIpc) is 3.97. The molecule has 11 nitrogen and oxygen atoms in total. The second-order valence-electron chi connectivity index (χ2n) is 22.4. The van der Waals surface area contributed by atoms with E-state index >= 15 is 0 Å². The molecule has 0 amide bonds.